The summed E-state index contributed by atoms with van der Waals surface area (Å²) in [5.74, 6) is -2.58. The molecule has 8 heteroatoms. The summed E-state index contributed by atoms with van der Waals surface area (Å²) >= 11 is 0. The second-order valence-corrected chi connectivity index (χ2v) is 6.28. The lowest BCUT2D eigenvalue weighted by Gasteiger charge is -2.25. The topological polar surface area (TPSA) is 96.4 Å². The van der Waals surface area contributed by atoms with Crippen molar-refractivity contribution in [2.45, 2.75) is 30.3 Å². The molecule has 1 heterocycles. The zero-order chi connectivity index (χ0) is 14.3. The van der Waals surface area contributed by atoms with Crippen molar-refractivity contribution >= 4 is 16.0 Å². The van der Waals surface area contributed by atoms with Crippen LogP contribution in [0.2, 0.25) is 0 Å². The van der Waals surface area contributed by atoms with Crippen molar-refractivity contribution in [2.75, 3.05) is 0 Å². The highest BCUT2D eigenvalue weighted by Crippen LogP contribution is 2.40. The molecule has 1 aliphatic rings. The molecule has 104 valence electrons. The first-order valence-electron chi connectivity index (χ1n) is 5.65. The van der Waals surface area contributed by atoms with Crippen LogP contribution in [-0.2, 0) is 14.8 Å². The molecule has 2 rings (SSSR count). The average Bonchev–Trinajstić information content (AvgIpc) is 3.12. The Morgan fingerprint density at radius 1 is 1.58 bits per heavy atom. The number of halogens is 1. The van der Waals surface area contributed by atoms with Crippen molar-refractivity contribution in [2.24, 2.45) is 5.92 Å². The van der Waals surface area contributed by atoms with E-state index in [9.17, 15) is 22.7 Å². The van der Waals surface area contributed by atoms with Gasteiger partial charge in [0.2, 0.25) is 5.03 Å². The fourth-order valence-corrected chi connectivity index (χ4v) is 3.29. The Morgan fingerprint density at radius 2 is 2.21 bits per heavy atom. The molecule has 1 unspecified atom stereocenters. The molecule has 0 radical (unpaired) electrons. The molecule has 19 heavy (non-hydrogen) atoms. The van der Waals surface area contributed by atoms with E-state index in [-0.39, 0.29) is 5.92 Å². The number of nitrogens with one attached hydrogen (secondary N) is 1. The van der Waals surface area contributed by atoms with Crippen molar-refractivity contribution < 1.29 is 22.7 Å². The van der Waals surface area contributed by atoms with Crippen molar-refractivity contribution in [3.8, 4) is 0 Å². The van der Waals surface area contributed by atoms with Crippen LogP contribution in [-0.4, -0.2) is 30.0 Å². The van der Waals surface area contributed by atoms with Gasteiger partial charge in [-0.2, -0.15) is 4.72 Å². The number of sulfonamides is 1. The molecule has 1 aliphatic carbocycles. The van der Waals surface area contributed by atoms with Gasteiger partial charge in [0.15, 0.2) is 5.82 Å². The van der Waals surface area contributed by atoms with Gasteiger partial charge in [0, 0.05) is 6.20 Å². The zero-order valence-corrected chi connectivity index (χ0v) is 10.9. The number of carbonyl (C=O) groups is 1. The number of aliphatic carboxylic acids is 1. The Morgan fingerprint density at radius 3 is 2.68 bits per heavy atom. The third-order valence-corrected chi connectivity index (χ3v) is 4.67. The van der Waals surface area contributed by atoms with Crippen LogP contribution in [0.1, 0.15) is 19.8 Å². The first kappa shape index (κ1) is 13.9. The number of rotatable bonds is 5. The summed E-state index contributed by atoms with van der Waals surface area (Å²) in [5.41, 5.74) is -1.64. The van der Waals surface area contributed by atoms with Crippen LogP contribution in [0.25, 0.3) is 0 Å². The molecule has 1 saturated carbocycles. The van der Waals surface area contributed by atoms with Crippen molar-refractivity contribution in [3.63, 3.8) is 0 Å². The summed E-state index contributed by atoms with van der Waals surface area (Å²) in [6.45, 7) is 1.28. The Balaban J connectivity index is 2.36. The van der Waals surface area contributed by atoms with Crippen molar-refractivity contribution in [3.05, 3.63) is 24.1 Å². The molecule has 1 fully saturated rings. The lowest BCUT2D eigenvalue weighted by Crippen LogP contribution is -2.54. The SMILES string of the molecule is CC(NS(=O)(=O)c1ncccc1F)(C(=O)O)C1CC1. The summed E-state index contributed by atoms with van der Waals surface area (Å²) in [7, 11) is -4.32. The van der Waals surface area contributed by atoms with Crippen molar-refractivity contribution in [1.82, 2.24) is 9.71 Å². The maximum atomic E-state index is 13.4. The Kier molecular flexibility index (Phi) is 3.31. The van der Waals surface area contributed by atoms with E-state index in [4.69, 9.17) is 0 Å². The van der Waals surface area contributed by atoms with Crippen molar-refractivity contribution in [1.29, 1.82) is 0 Å². The molecule has 1 aromatic heterocycles. The lowest BCUT2D eigenvalue weighted by atomic mass is 9.98. The van der Waals surface area contributed by atoms with Crippen LogP contribution in [0.15, 0.2) is 23.4 Å². The minimum absolute atomic E-state index is 0.286. The van der Waals surface area contributed by atoms with Gasteiger partial charge in [-0.3, -0.25) is 4.79 Å². The number of hydrogen-bond donors (Lipinski definition) is 2. The molecule has 0 saturated heterocycles. The summed E-state index contributed by atoms with van der Waals surface area (Å²) in [6.07, 6.45) is 2.37. The van der Waals surface area contributed by atoms with Gasteiger partial charge < -0.3 is 5.11 Å². The average molecular weight is 288 g/mol. The number of hydrogen-bond acceptors (Lipinski definition) is 4. The van der Waals surface area contributed by atoms with E-state index >= 15 is 0 Å². The molecule has 1 aromatic rings. The largest absolute Gasteiger partial charge is 0.480 e. The number of nitrogens with zero attached hydrogens (tertiary/aromatic N) is 1. The van der Waals surface area contributed by atoms with Gasteiger partial charge in [-0.05, 0) is 37.8 Å². The van der Waals surface area contributed by atoms with Crippen LogP contribution in [0.5, 0.6) is 0 Å². The fraction of sp³-hybridized carbons (Fsp3) is 0.455. The highest BCUT2D eigenvalue weighted by molar-refractivity contribution is 7.89. The second-order valence-electron chi connectivity index (χ2n) is 4.68. The van der Waals surface area contributed by atoms with Crippen LogP contribution < -0.4 is 4.72 Å². The summed E-state index contributed by atoms with van der Waals surface area (Å²) in [5, 5.41) is 8.39. The predicted octanol–water partition coefficient (Wildman–Crippen LogP) is 0.752. The number of aromatic nitrogens is 1. The molecule has 6 nitrogen and oxygen atoms in total. The molecular formula is C11H13FN2O4S. The summed E-state index contributed by atoms with van der Waals surface area (Å²) in [6, 6.07) is 2.21. The van der Waals surface area contributed by atoms with Gasteiger partial charge in [0.1, 0.15) is 5.54 Å². The minimum Gasteiger partial charge on any atom is -0.480 e. The minimum atomic E-state index is -4.32. The molecule has 0 amide bonds. The Labute approximate surface area is 109 Å². The highest BCUT2D eigenvalue weighted by atomic mass is 32.2. The van der Waals surface area contributed by atoms with E-state index in [0.717, 1.165) is 12.3 Å². The van der Waals surface area contributed by atoms with Gasteiger partial charge in [-0.25, -0.2) is 17.8 Å². The first-order valence-corrected chi connectivity index (χ1v) is 7.13. The van der Waals surface area contributed by atoms with Gasteiger partial charge in [-0.15, -0.1) is 0 Å². The number of carboxylic acid groups (broad SMARTS) is 1. The number of pyridine rings is 1. The van der Waals surface area contributed by atoms with E-state index in [2.05, 4.69) is 9.71 Å². The van der Waals surface area contributed by atoms with Crippen LogP contribution in [0.4, 0.5) is 4.39 Å². The van der Waals surface area contributed by atoms with E-state index < -0.39 is 32.4 Å². The molecule has 2 N–H and O–H groups in total. The standard InChI is InChI=1S/C11H13FN2O4S/c1-11(10(15)16,7-4-5-7)14-19(17,18)9-8(12)3-2-6-13-9/h2-3,6-7,14H,4-5H2,1H3,(H,15,16). The Bertz CT molecular complexity index is 615. The molecule has 1 atom stereocenters. The monoisotopic (exact) mass is 288 g/mol. The zero-order valence-electron chi connectivity index (χ0n) is 10.1. The summed E-state index contributed by atoms with van der Waals surface area (Å²) < 4.78 is 39.6. The van der Waals surface area contributed by atoms with E-state index in [1.165, 1.54) is 13.0 Å². The van der Waals surface area contributed by atoms with Crippen LogP contribution in [0.3, 0.4) is 0 Å². The van der Waals surface area contributed by atoms with E-state index in [1.54, 1.807) is 0 Å². The molecule has 0 spiro atoms. The third-order valence-electron chi connectivity index (χ3n) is 3.16. The molecule has 0 bridgehead atoms. The molecule has 0 aromatic carbocycles. The molecular weight excluding hydrogens is 275 g/mol. The van der Waals surface area contributed by atoms with E-state index in [0.29, 0.717) is 12.8 Å². The smallest absolute Gasteiger partial charge is 0.324 e. The molecule has 0 aliphatic heterocycles. The van der Waals surface area contributed by atoms with Crippen LogP contribution >= 0.6 is 0 Å². The lowest BCUT2D eigenvalue weighted by molar-refractivity contribution is -0.144. The fourth-order valence-electron chi connectivity index (χ4n) is 1.86. The van der Waals surface area contributed by atoms with Crippen LogP contribution in [0, 0.1) is 11.7 Å². The Hall–Kier alpha value is -1.54. The quantitative estimate of drug-likeness (QED) is 0.833. The van der Waals surface area contributed by atoms with Gasteiger partial charge in [-0.1, -0.05) is 0 Å². The first-order chi connectivity index (χ1) is 8.77. The third kappa shape index (κ3) is 2.59. The maximum absolute atomic E-state index is 13.4. The van der Waals surface area contributed by atoms with Gasteiger partial charge >= 0.3 is 5.97 Å². The van der Waals surface area contributed by atoms with Gasteiger partial charge in [0.05, 0.1) is 0 Å². The summed E-state index contributed by atoms with van der Waals surface area (Å²) in [4.78, 5) is 14.7. The highest BCUT2D eigenvalue weighted by Gasteiger charge is 2.50. The normalized spacial score (nSPS) is 18.8. The number of carboxylic acids is 1. The predicted molar refractivity (Wildman–Crippen MR) is 63.3 cm³/mol. The van der Waals surface area contributed by atoms with Gasteiger partial charge in [0.25, 0.3) is 10.0 Å². The van der Waals surface area contributed by atoms with E-state index in [1.807, 2.05) is 0 Å². The maximum Gasteiger partial charge on any atom is 0.324 e. The second kappa shape index (κ2) is 4.53.